The SMILES string of the molecule is COc1cnc(Cl)cc1N1CC(CC(=O)N2Cc3nc4c(c(C)c3C2)COC4)C1. The largest absolute Gasteiger partial charge is 0.493 e. The van der Waals surface area contributed by atoms with Gasteiger partial charge in [0.25, 0.3) is 0 Å². The highest BCUT2D eigenvalue weighted by atomic mass is 35.5. The van der Waals surface area contributed by atoms with E-state index >= 15 is 0 Å². The first kappa shape index (κ1) is 18.6. The number of methoxy groups -OCH3 is 1. The van der Waals surface area contributed by atoms with E-state index in [1.807, 2.05) is 11.0 Å². The van der Waals surface area contributed by atoms with E-state index in [9.17, 15) is 4.79 Å². The van der Waals surface area contributed by atoms with Gasteiger partial charge in [0.15, 0.2) is 5.75 Å². The third-order valence-corrected chi connectivity index (χ3v) is 6.40. The first-order chi connectivity index (χ1) is 14.0. The standard InChI is InChI=1S/C21H23ClN4O3/c1-12-14-8-26(9-16(14)24-17-11-29-10-15(12)17)21(27)3-13-6-25(7-13)18-4-20(22)23-5-19(18)28-2/h4-5,13H,3,6-11H2,1-2H3. The van der Waals surface area contributed by atoms with Crippen LogP contribution in [0.5, 0.6) is 5.75 Å². The number of nitrogens with zero attached hydrogens (tertiary/aromatic N) is 4. The van der Waals surface area contributed by atoms with Gasteiger partial charge in [-0.2, -0.15) is 0 Å². The second-order valence-electron chi connectivity index (χ2n) is 7.98. The minimum absolute atomic E-state index is 0.197. The minimum Gasteiger partial charge on any atom is -0.493 e. The van der Waals surface area contributed by atoms with Gasteiger partial charge in [-0.1, -0.05) is 11.6 Å². The van der Waals surface area contributed by atoms with E-state index in [2.05, 4.69) is 16.8 Å². The predicted molar refractivity (Wildman–Crippen MR) is 108 cm³/mol. The van der Waals surface area contributed by atoms with Gasteiger partial charge in [-0.25, -0.2) is 4.98 Å². The van der Waals surface area contributed by atoms with Crippen LogP contribution >= 0.6 is 11.6 Å². The molecule has 0 spiro atoms. The number of rotatable bonds is 4. The second kappa shape index (κ2) is 7.15. The highest BCUT2D eigenvalue weighted by molar-refractivity contribution is 6.29. The Hall–Kier alpha value is -2.38. The van der Waals surface area contributed by atoms with E-state index < -0.39 is 0 Å². The Morgan fingerprint density at radius 3 is 2.90 bits per heavy atom. The number of amides is 1. The average molecular weight is 415 g/mol. The van der Waals surface area contributed by atoms with Crippen LogP contribution in [0.1, 0.15) is 34.5 Å². The van der Waals surface area contributed by atoms with Crippen LogP contribution in [0.4, 0.5) is 5.69 Å². The van der Waals surface area contributed by atoms with Gasteiger partial charge >= 0.3 is 0 Å². The molecule has 0 aliphatic carbocycles. The van der Waals surface area contributed by atoms with Gasteiger partial charge in [-0.3, -0.25) is 9.78 Å². The van der Waals surface area contributed by atoms with E-state index in [1.54, 1.807) is 13.3 Å². The fourth-order valence-corrected chi connectivity index (χ4v) is 4.65. The molecule has 3 aliphatic rings. The summed E-state index contributed by atoms with van der Waals surface area (Å²) in [4.78, 5) is 25.8. The lowest BCUT2D eigenvalue weighted by molar-refractivity contribution is -0.133. The molecule has 0 saturated carbocycles. The second-order valence-corrected chi connectivity index (χ2v) is 8.37. The summed E-state index contributed by atoms with van der Waals surface area (Å²) in [6, 6.07) is 1.81. The van der Waals surface area contributed by atoms with Crippen LogP contribution in [0.3, 0.4) is 0 Å². The van der Waals surface area contributed by atoms with Crippen LogP contribution < -0.4 is 9.64 Å². The van der Waals surface area contributed by atoms with Crippen LogP contribution in [-0.4, -0.2) is 41.0 Å². The topological polar surface area (TPSA) is 67.8 Å². The predicted octanol–water partition coefficient (Wildman–Crippen LogP) is 2.85. The maximum Gasteiger partial charge on any atom is 0.223 e. The molecule has 0 N–H and O–H groups in total. The van der Waals surface area contributed by atoms with Crippen LogP contribution in [0.25, 0.3) is 0 Å². The van der Waals surface area contributed by atoms with Crippen molar-refractivity contribution in [2.45, 2.75) is 39.6 Å². The summed E-state index contributed by atoms with van der Waals surface area (Å²) in [7, 11) is 1.62. The number of hydrogen-bond donors (Lipinski definition) is 0. The van der Waals surface area contributed by atoms with Crippen molar-refractivity contribution >= 4 is 23.2 Å². The van der Waals surface area contributed by atoms with Crippen molar-refractivity contribution in [3.05, 3.63) is 45.5 Å². The molecule has 1 saturated heterocycles. The molecule has 0 radical (unpaired) electrons. The third-order valence-electron chi connectivity index (χ3n) is 6.19. The molecule has 29 heavy (non-hydrogen) atoms. The molecule has 0 bridgehead atoms. The van der Waals surface area contributed by atoms with Crippen molar-refractivity contribution in [2.75, 3.05) is 25.1 Å². The van der Waals surface area contributed by atoms with Gasteiger partial charge in [-0.15, -0.1) is 0 Å². The zero-order valence-electron chi connectivity index (χ0n) is 16.6. The zero-order chi connectivity index (χ0) is 20.1. The lowest BCUT2D eigenvalue weighted by Gasteiger charge is -2.41. The van der Waals surface area contributed by atoms with Crippen molar-refractivity contribution < 1.29 is 14.3 Å². The lowest BCUT2D eigenvalue weighted by atomic mass is 9.95. The number of hydrogen-bond acceptors (Lipinski definition) is 6. The number of carbonyl (C=O) groups excluding carboxylic acids is 1. The first-order valence-corrected chi connectivity index (χ1v) is 10.2. The van der Waals surface area contributed by atoms with Gasteiger partial charge in [0, 0.05) is 43.6 Å². The quantitative estimate of drug-likeness (QED) is 0.717. The first-order valence-electron chi connectivity index (χ1n) is 9.83. The maximum atomic E-state index is 12.9. The van der Waals surface area contributed by atoms with Crippen LogP contribution in [0.15, 0.2) is 12.3 Å². The Kier molecular flexibility index (Phi) is 4.59. The van der Waals surface area contributed by atoms with E-state index in [-0.39, 0.29) is 5.91 Å². The fourth-order valence-electron chi connectivity index (χ4n) is 4.50. The lowest BCUT2D eigenvalue weighted by Crippen LogP contribution is -2.48. The summed E-state index contributed by atoms with van der Waals surface area (Å²) in [5.74, 6) is 1.23. The van der Waals surface area contributed by atoms with Crippen molar-refractivity contribution in [3.63, 3.8) is 0 Å². The van der Waals surface area contributed by atoms with Gasteiger partial charge in [0.2, 0.25) is 5.91 Å². The molecule has 8 heteroatoms. The summed E-state index contributed by atoms with van der Waals surface area (Å²) in [5.41, 5.74) is 6.66. The van der Waals surface area contributed by atoms with Crippen LogP contribution in [0, 0.1) is 12.8 Å². The number of aromatic nitrogens is 2. The van der Waals surface area contributed by atoms with Crippen LogP contribution in [-0.2, 0) is 35.8 Å². The summed E-state index contributed by atoms with van der Waals surface area (Å²) < 4.78 is 10.9. The molecular formula is C21H23ClN4O3. The van der Waals surface area contributed by atoms with Gasteiger partial charge in [0.1, 0.15) is 5.15 Å². The monoisotopic (exact) mass is 414 g/mol. The molecule has 3 aliphatic heterocycles. The molecule has 1 fully saturated rings. The maximum absolute atomic E-state index is 12.9. The molecule has 0 atom stereocenters. The Morgan fingerprint density at radius 1 is 1.28 bits per heavy atom. The molecule has 2 aromatic heterocycles. The molecular weight excluding hydrogens is 392 g/mol. The summed E-state index contributed by atoms with van der Waals surface area (Å²) in [5, 5.41) is 0.440. The molecule has 5 rings (SSSR count). The molecule has 0 unspecified atom stereocenters. The van der Waals surface area contributed by atoms with Gasteiger partial charge in [0.05, 0.1) is 50.1 Å². The number of fused-ring (bicyclic) bond motifs is 2. The van der Waals surface area contributed by atoms with Crippen molar-refractivity contribution in [2.24, 2.45) is 5.92 Å². The zero-order valence-corrected chi connectivity index (χ0v) is 17.3. The van der Waals surface area contributed by atoms with Crippen molar-refractivity contribution in [3.8, 4) is 5.75 Å². The van der Waals surface area contributed by atoms with E-state index in [0.717, 1.165) is 30.2 Å². The average Bonchev–Trinajstić information content (AvgIpc) is 3.31. The number of anilines is 1. The highest BCUT2D eigenvalue weighted by Crippen LogP contribution is 2.36. The Bertz CT molecular complexity index is 990. The summed E-state index contributed by atoms with van der Waals surface area (Å²) >= 11 is 6.03. The molecule has 7 nitrogen and oxygen atoms in total. The third kappa shape index (κ3) is 3.22. The minimum atomic E-state index is 0.197. The van der Waals surface area contributed by atoms with E-state index in [4.69, 9.17) is 26.1 Å². The number of halogens is 1. The molecule has 5 heterocycles. The Labute approximate surface area is 174 Å². The Morgan fingerprint density at radius 2 is 2.10 bits per heavy atom. The molecule has 2 aromatic rings. The molecule has 0 aromatic carbocycles. The molecule has 152 valence electrons. The highest BCUT2D eigenvalue weighted by Gasteiger charge is 2.35. The number of pyridine rings is 2. The van der Waals surface area contributed by atoms with E-state index in [0.29, 0.717) is 49.5 Å². The van der Waals surface area contributed by atoms with Crippen molar-refractivity contribution in [1.29, 1.82) is 0 Å². The fraction of sp³-hybridized carbons (Fsp3) is 0.476. The van der Waals surface area contributed by atoms with E-state index in [1.165, 1.54) is 16.7 Å². The van der Waals surface area contributed by atoms with Crippen LogP contribution in [0.2, 0.25) is 5.15 Å². The number of ether oxygens (including phenoxy) is 2. The summed E-state index contributed by atoms with van der Waals surface area (Å²) in [6.45, 7) is 6.22. The smallest absolute Gasteiger partial charge is 0.223 e. The van der Waals surface area contributed by atoms with Gasteiger partial charge in [-0.05, 0) is 18.1 Å². The van der Waals surface area contributed by atoms with Crippen molar-refractivity contribution in [1.82, 2.24) is 14.9 Å². The Balaban J connectivity index is 1.21. The normalized spacial score (nSPS) is 17.9. The summed E-state index contributed by atoms with van der Waals surface area (Å²) in [6.07, 6.45) is 2.18. The molecule has 1 amide bonds. The number of carbonyl (C=O) groups is 1. The van der Waals surface area contributed by atoms with Gasteiger partial charge < -0.3 is 19.3 Å².